The number of rotatable bonds is 6. The van der Waals surface area contributed by atoms with Crippen LogP contribution in [0.5, 0.6) is 11.5 Å². The second-order valence-corrected chi connectivity index (χ2v) is 5.81. The Bertz CT molecular complexity index is 665. The minimum atomic E-state index is -0.206. The summed E-state index contributed by atoms with van der Waals surface area (Å²) in [6, 6.07) is 14.6. The van der Waals surface area contributed by atoms with E-state index in [0.717, 1.165) is 5.75 Å². The Hall–Kier alpha value is -2.49. The van der Waals surface area contributed by atoms with Gasteiger partial charge in [0.2, 0.25) is 0 Å². The van der Waals surface area contributed by atoms with E-state index in [4.69, 9.17) is 9.47 Å². The summed E-state index contributed by atoms with van der Waals surface area (Å²) in [4.78, 5) is 12.5. The van der Waals surface area contributed by atoms with Crippen molar-refractivity contribution < 1.29 is 14.3 Å². The number of nitrogens with one attached hydrogen (secondary N) is 1. The first-order valence-electron chi connectivity index (χ1n) is 7.79. The molecule has 1 N–H and O–H groups in total. The number of hydrogen-bond donors (Lipinski definition) is 1. The summed E-state index contributed by atoms with van der Waals surface area (Å²) in [6.45, 7) is 7.79. The molecule has 2 rings (SSSR count). The predicted octanol–water partition coefficient (Wildman–Crippen LogP) is 4.51. The van der Waals surface area contributed by atoms with Gasteiger partial charge in [-0.3, -0.25) is 4.79 Å². The molecule has 0 spiro atoms. The van der Waals surface area contributed by atoms with Gasteiger partial charge in [0, 0.05) is 11.8 Å². The van der Waals surface area contributed by atoms with E-state index in [1.165, 1.54) is 0 Å². The third kappa shape index (κ3) is 5.02. The molecule has 0 aliphatic heterocycles. The molecule has 4 nitrogen and oxygen atoms in total. The van der Waals surface area contributed by atoms with Crippen molar-refractivity contribution in [2.24, 2.45) is 0 Å². The van der Waals surface area contributed by atoms with E-state index in [2.05, 4.69) is 5.32 Å². The van der Waals surface area contributed by atoms with Gasteiger partial charge in [-0.2, -0.15) is 0 Å². The molecule has 2 aromatic carbocycles. The van der Waals surface area contributed by atoms with Crippen molar-refractivity contribution in [3.8, 4) is 11.5 Å². The van der Waals surface area contributed by atoms with Crippen LogP contribution in [0.4, 0.5) is 5.69 Å². The Kier molecular flexibility index (Phi) is 5.63. The van der Waals surface area contributed by atoms with Crippen molar-refractivity contribution in [2.45, 2.75) is 39.9 Å². The molecular weight excluding hydrogens is 290 g/mol. The fourth-order valence-corrected chi connectivity index (χ4v) is 2.13. The molecule has 0 heterocycles. The molecule has 0 atom stereocenters. The van der Waals surface area contributed by atoms with Gasteiger partial charge in [-0.15, -0.1) is 0 Å². The van der Waals surface area contributed by atoms with Crippen molar-refractivity contribution in [3.05, 3.63) is 54.1 Å². The van der Waals surface area contributed by atoms with Crippen molar-refractivity contribution >= 4 is 11.6 Å². The van der Waals surface area contributed by atoms with E-state index < -0.39 is 0 Å². The van der Waals surface area contributed by atoms with Crippen molar-refractivity contribution in [1.29, 1.82) is 0 Å². The number of hydrogen-bond acceptors (Lipinski definition) is 3. The van der Waals surface area contributed by atoms with Crippen LogP contribution in [-0.4, -0.2) is 18.1 Å². The molecule has 0 radical (unpaired) electrons. The summed E-state index contributed by atoms with van der Waals surface area (Å²) < 4.78 is 11.3. The van der Waals surface area contributed by atoms with Crippen molar-refractivity contribution in [1.82, 2.24) is 0 Å². The SMILES string of the molecule is CC(C)Oc1cccc(NC(=O)c2ccccc2OC(C)C)c1. The Labute approximate surface area is 137 Å². The van der Waals surface area contributed by atoms with Crippen LogP contribution in [0.25, 0.3) is 0 Å². The minimum absolute atomic E-state index is 0.00622. The van der Waals surface area contributed by atoms with Crippen LogP contribution in [-0.2, 0) is 0 Å². The maximum absolute atomic E-state index is 12.5. The monoisotopic (exact) mass is 313 g/mol. The number of ether oxygens (including phenoxy) is 2. The highest BCUT2D eigenvalue weighted by Crippen LogP contribution is 2.23. The Balaban J connectivity index is 2.16. The average Bonchev–Trinajstić information content (AvgIpc) is 2.46. The third-order valence-electron chi connectivity index (χ3n) is 2.96. The van der Waals surface area contributed by atoms with Gasteiger partial charge in [0.15, 0.2) is 0 Å². The van der Waals surface area contributed by atoms with E-state index in [1.807, 2.05) is 64.1 Å². The van der Waals surface area contributed by atoms with Crippen LogP contribution in [0.3, 0.4) is 0 Å². The largest absolute Gasteiger partial charge is 0.491 e. The quantitative estimate of drug-likeness (QED) is 0.853. The first-order chi connectivity index (χ1) is 11.0. The lowest BCUT2D eigenvalue weighted by Crippen LogP contribution is -2.15. The van der Waals surface area contributed by atoms with E-state index in [0.29, 0.717) is 17.0 Å². The molecule has 4 heteroatoms. The lowest BCUT2D eigenvalue weighted by Gasteiger charge is -2.15. The summed E-state index contributed by atoms with van der Waals surface area (Å²) in [7, 11) is 0. The molecule has 0 aromatic heterocycles. The fourth-order valence-electron chi connectivity index (χ4n) is 2.13. The maximum atomic E-state index is 12.5. The molecule has 0 fully saturated rings. The molecule has 0 saturated carbocycles. The lowest BCUT2D eigenvalue weighted by molar-refractivity contribution is 0.102. The normalized spacial score (nSPS) is 10.7. The highest BCUT2D eigenvalue weighted by Gasteiger charge is 2.13. The van der Waals surface area contributed by atoms with Gasteiger partial charge in [0.1, 0.15) is 11.5 Å². The summed E-state index contributed by atoms with van der Waals surface area (Å²) in [5.74, 6) is 1.10. The Morgan fingerprint density at radius 2 is 1.61 bits per heavy atom. The Morgan fingerprint density at radius 3 is 2.30 bits per heavy atom. The van der Waals surface area contributed by atoms with E-state index in [9.17, 15) is 4.79 Å². The molecule has 122 valence electrons. The smallest absolute Gasteiger partial charge is 0.259 e. The highest BCUT2D eigenvalue weighted by molar-refractivity contribution is 6.06. The molecule has 0 aliphatic rings. The number of para-hydroxylation sites is 1. The van der Waals surface area contributed by atoms with Gasteiger partial charge in [-0.1, -0.05) is 18.2 Å². The zero-order valence-corrected chi connectivity index (χ0v) is 14.0. The van der Waals surface area contributed by atoms with Gasteiger partial charge < -0.3 is 14.8 Å². The van der Waals surface area contributed by atoms with E-state index in [1.54, 1.807) is 12.1 Å². The second kappa shape index (κ2) is 7.68. The average molecular weight is 313 g/mol. The third-order valence-corrected chi connectivity index (χ3v) is 2.96. The number of carbonyl (C=O) groups excluding carboxylic acids is 1. The standard InChI is InChI=1S/C19H23NO3/c1-13(2)22-16-9-7-8-15(12-16)20-19(21)17-10-5-6-11-18(17)23-14(3)4/h5-14H,1-4H3,(H,20,21). The van der Waals surface area contributed by atoms with Crippen molar-refractivity contribution in [2.75, 3.05) is 5.32 Å². The van der Waals surface area contributed by atoms with E-state index >= 15 is 0 Å². The molecule has 23 heavy (non-hydrogen) atoms. The molecule has 2 aromatic rings. The number of anilines is 1. The van der Waals surface area contributed by atoms with E-state index in [-0.39, 0.29) is 18.1 Å². The summed E-state index contributed by atoms with van der Waals surface area (Å²) in [5.41, 5.74) is 1.20. The molecule has 0 unspecified atom stereocenters. The molecule has 0 aliphatic carbocycles. The van der Waals surface area contributed by atoms with Crippen molar-refractivity contribution in [3.63, 3.8) is 0 Å². The van der Waals surface area contributed by atoms with Gasteiger partial charge >= 0.3 is 0 Å². The topological polar surface area (TPSA) is 47.6 Å². The van der Waals surface area contributed by atoms with Crippen LogP contribution in [0, 0.1) is 0 Å². The van der Waals surface area contributed by atoms with Gasteiger partial charge in [-0.05, 0) is 52.0 Å². The van der Waals surface area contributed by atoms with Crippen LogP contribution in [0.2, 0.25) is 0 Å². The molecule has 0 saturated heterocycles. The predicted molar refractivity (Wildman–Crippen MR) is 92.4 cm³/mol. The highest BCUT2D eigenvalue weighted by atomic mass is 16.5. The fraction of sp³-hybridized carbons (Fsp3) is 0.316. The number of carbonyl (C=O) groups is 1. The molecule has 1 amide bonds. The summed E-state index contributed by atoms with van der Waals surface area (Å²) >= 11 is 0. The maximum Gasteiger partial charge on any atom is 0.259 e. The number of amides is 1. The first kappa shape index (κ1) is 16.9. The molecule has 0 bridgehead atoms. The van der Waals surface area contributed by atoms with Gasteiger partial charge in [0.25, 0.3) is 5.91 Å². The van der Waals surface area contributed by atoms with Crippen LogP contribution in [0.15, 0.2) is 48.5 Å². The summed E-state index contributed by atoms with van der Waals surface area (Å²) in [6.07, 6.45) is 0.0906. The number of benzene rings is 2. The zero-order chi connectivity index (χ0) is 16.8. The lowest BCUT2D eigenvalue weighted by atomic mass is 10.1. The van der Waals surface area contributed by atoms with Gasteiger partial charge in [-0.25, -0.2) is 0 Å². The Morgan fingerprint density at radius 1 is 0.913 bits per heavy atom. The zero-order valence-electron chi connectivity index (χ0n) is 14.0. The van der Waals surface area contributed by atoms with Gasteiger partial charge in [0.05, 0.1) is 17.8 Å². The summed E-state index contributed by atoms with van der Waals surface area (Å²) in [5, 5.41) is 2.89. The second-order valence-electron chi connectivity index (χ2n) is 5.81. The van der Waals surface area contributed by atoms with Crippen LogP contribution in [0.1, 0.15) is 38.1 Å². The first-order valence-corrected chi connectivity index (χ1v) is 7.79. The van der Waals surface area contributed by atoms with Crippen LogP contribution < -0.4 is 14.8 Å². The molecular formula is C19H23NO3. The minimum Gasteiger partial charge on any atom is -0.491 e. The van der Waals surface area contributed by atoms with Crippen LogP contribution >= 0.6 is 0 Å².